The van der Waals surface area contributed by atoms with E-state index in [1.54, 1.807) is 6.07 Å². The minimum absolute atomic E-state index is 0.117. The maximum Gasteiger partial charge on any atom is 0.491 e. The molecule has 0 bridgehead atoms. The summed E-state index contributed by atoms with van der Waals surface area (Å²) >= 11 is 0. The zero-order valence-electron chi connectivity index (χ0n) is 19.6. The summed E-state index contributed by atoms with van der Waals surface area (Å²) < 4.78 is 20.4. The molecule has 33 heavy (non-hydrogen) atoms. The van der Waals surface area contributed by atoms with E-state index >= 15 is 0 Å². The summed E-state index contributed by atoms with van der Waals surface area (Å²) in [5.74, 6) is 0.169. The first kappa shape index (κ1) is 25.0. The van der Waals surface area contributed by atoms with Gasteiger partial charge in [-0.15, -0.1) is 0 Å². The van der Waals surface area contributed by atoms with Crippen molar-refractivity contribution < 1.29 is 19.2 Å². The summed E-state index contributed by atoms with van der Waals surface area (Å²) in [6.07, 6.45) is 15.5. The van der Waals surface area contributed by atoms with Gasteiger partial charge in [0.25, 0.3) is 0 Å². The fraction of sp³-hybridized carbons (Fsp3) is 0.357. The van der Waals surface area contributed by atoms with E-state index in [0.29, 0.717) is 18.3 Å². The third kappa shape index (κ3) is 7.45. The maximum absolute atomic E-state index is 14.2. The fourth-order valence-electron chi connectivity index (χ4n) is 4.60. The summed E-state index contributed by atoms with van der Waals surface area (Å²) in [4.78, 5) is 0. The molecule has 2 aromatic rings. The van der Waals surface area contributed by atoms with E-state index in [4.69, 9.17) is 4.74 Å². The van der Waals surface area contributed by atoms with E-state index < -0.39 is 12.9 Å². The lowest BCUT2D eigenvalue weighted by molar-refractivity contribution is 0.109. The van der Waals surface area contributed by atoms with Crippen LogP contribution < -0.4 is 10.2 Å². The van der Waals surface area contributed by atoms with Gasteiger partial charge in [-0.2, -0.15) is 0 Å². The number of rotatable bonds is 11. The average Bonchev–Trinajstić information content (AvgIpc) is 3.06. The molecule has 3 nitrogen and oxygen atoms in total. The Morgan fingerprint density at radius 2 is 1.91 bits per heavy atom. The van der Waals surface area contributed by atoms with Gasteiger partial charge in [0.2, 0.25) is 0 Å². The molecule has 0 spiro atoms. The second-order valence-electron chi connectivity index (χ2n) is 9.18. The van der Waals surface area contributed by atoms with Crippen molar-refractivity contribution in [1.82, 2.24) is 0 Å². The van der Waals surface area contributed by atoms with Crippen LogP contribution in [0.4, 0.5) is 4.39 Å². The maximum atomic E-state index is 14.2. The van der Waals surface area contributed by atoms with Crippen LogP contribution in [0.5, 0.6) is 5.75 Å². The number of benzene rings is 2. The molecule has 0 aromatic heterocycles. The van der Waals surface area contributed by atoms with Crippen molar-refractivity contribution in [2.24, 2.45) is 11.3 Å². The molecule has 0 radical (unpaired) electrons. The minimum atomic E-state index is -1.84. The molecule has 0 saturated heterocycles. The smallest absolute Gasteiger partial charge is 0.491 e. The van der Waals surface area contributed by atoms with Gasteiger partial charge in [-0.25, -0.2) is 4.39 Å². The molecule has 1 unspecified atom stereocenters. The predicted molar refractivity (Wildman–Crippen MR) is 134 cm³/mol. The highest BCUT2D eigenvalue weighted by molar-refractivity contribution is 6.58. The Morgan fingerprint density at radius 3 is 2.61 bits per heavy atom. The fourth-order valence-corrected chi connectivity index (χ4v) is 4.60. The monoisotopic (exact) mass is 448 g/mol. The molecule has 5 heteroatoms. The van der Waals surface area contributed by atoms with Gasteiger partial charge in [0.05, 0.1) is 6.61 Å². The molecular formula is C28H34BFO3. The second kappa shape index (κ2) is 12.0. The van der Waals surface area contributed by atoms with Crippen LogP contribution in [0, 0.1) is 17.2 Å². The van der Waals surface area contributed by atoms with Gasteiger partial charge < -0.3 is 14.8 Å². The van der Waals surface area contributed by atoms with Crippen LogP contribution in [0.2, 0.25) is 0 Å². The van der Waals surface area contributed by atoms with E-state index in [9.17, 15) is 14.4 Å². The second-order valence-corrected chi connectivity index (χ2v) is 9.18. The molecule has 3 rings (SSSR count). The average molecular weight is 448 g/mol. The largest absolute Gasteiger partial charge is 0.493 e. The van der Waals surface area contributed by atoms with Crippen LogP contribution in [0.3, 0.4) is 0 Å². The first-order chi connectivity index (χ1) is 15.9. The van der Waals surface area contributed by atoms with Gasteiger partial charge in [-0.05, 0) is 55.2 Å². The van der Waals surface area contributed by atoms with Crippen LogP contribution in [0.15, 0.2) is 84.5 Å². The van der Waals surface area contributed by atoms with Gasteiger partial charge in [0.15, 0.2) is 0 Å². The van der Waals surface area contributed by atoms with Crippen LogP contribution >= 0.6 is 0 Å². The van der Waals surface area contributed by atoms with Crippen molar-refractivity contribution in [2.45, 2.75) is 46.0 Å². The Morgan fingerprint density at radius 1 is 1.12 bits per heavy atom. The molecule has 174 valence electrons. The summed E-state index contributed by atoms with van der Waals surface area (Å²) in [7, 11) is -1.84. The highest BCUT2D eigenvalue weighted by Crippen LogP contribution is 2.39. The van der Waals surface area contributed by atoms with Gasteiger partial charge in [-0.1, -0.05) is 80.6 Å². The standard InChI is InChI=1S/C28H34BFO3/c1-3-28(20-24-13-7-4-5-8-14-24,19-22(2)17-23-11-9-6-10-12-23)21-33-25-15-16-26(29(31)32)27(30)18-25/h4,6-16,18,22,31-32H,3,5,17,19-21H2,1-2H3/t22-,28?/m1/s1. The van der Waals surface area contributed by atoms with Gasteiger partial charge in [0, 0.05) is 16.9 Å². The Bertz CT molecular complexity index is 984. The number of hydrogen-bond acceptors (Lipinski definition) is 3. The van der Waals surface area contributed by atoms with Crippen molar-refractivity contribution in [1.29, 1.82) is 0 Å². The SMILES string of the molecule is CCC(COc1ccc(B(O)O)c(F)c1)(CC1=CC=CCC=C1)C[C@H](C)Cc1ccccc1. The first-order valence-electron chi connectivity index (χ1n) is 11.8. The summed E-state index contributed by atoms with van der Waals surface area (Å²) in [5, 5.41) is 18.5. The van der Waals surface area contributed by atoms with E-state index in [1.165, 1.54) is 23.3 Å². The lowest BCUT2D eigenvalue weighted by atomic mass is 9.72. The summed E-state index contributed by atoms with van der Waals surface area (Å²) in [6.45, 7) is 4.94. The highest BCUT2D eigenvalue weighted by Gasteiger charge is 2.32. The molecular weight excluding hydrogens is 414 g/mol. The Hall–Kier alpha value is -2.63. The van der Waals surface area contributed by atoms with E-state index in [-0.39, 0.29) is 10.9 Å². The number of allylic oxidation sites excluding steroid dienone is 6. The summed E-state index contributed by atoms with van der Waals surface area (Å²) in [6, 6.07) is 14.7. The molecule has 0 saturated carbocycles. The minimum Gasteiger partial charge on any atom is -0.493 e. The van der Waals surface area contributed by atoms with Crippen molar-refractivity contribution in [2.75, 3.05) is 6.61 Å². The van der Waals surface area contributed by atoms with Crippen LogP contribution in [-0.2, 0) is 6.42 Å². The number of hydrogen-bond donors (Lipinski definition) is 2. The first-order valence-corrected chi connectivity index (χ1v) is 11.8. The molecule has 1 aliphatic rings. The Kier molecular flexibility index (Phi) is 9.10. The van der Waals surface area contributed by atoms with E-state index in [2.05, 4.69) is 68.5 Å². The third-order valence-electron chi connectivity index (χ3n) is 6.38. The van der Waals surface area contributed by atoms with Gasteiger partial charge in [0.1, 0.15) is 11.6 Å². The van der Waals surface area contributed by atoms with Crippen molar-refractivity contribution in [3.8, 4) is 5.75 Å². The number of halogens is 1. The van der Waals surface area contributed by atoms with Crippen molar-refractivity contribution in [3.05, 3.63) is 95.9 Å². The normalized spacial score (nSPS) is 16.0. The van der Waals surface area contributed by atoms with Crippen LogP contribution in [0.25, 0.3) is 0 Å². The third-order valence-corrected chi connectivity index (χ3v) is 6.38. The molecule has 0 fully saturated rings. The molecule has 1 aliphatic carbocycles. The lowest BCUT2D eigenvalue weighted by Crippen LogP contribution is -2.33. The van der Waals surface area contributed by atoms with Gasteiger partial charge >= 0.3 is 7.12 Å². The predicted octanol–water partition coefficient (Wildman–Crippen LogP) is 5.38. The van der Waals surface area contributed by atoms with Crippen LogP contribution in [0.1, 0.15) is 45.1 Å². The Balaban J connectivity index is 1.79. The molecule has 2 aromatic carbocycles. The zero-order chi connectivity index (χ0) is 23.7. The molecule has 2 atom stereocenters. The quantitative estimate of drug-likeness (QED) is 0.454. The van der Waals surface area contributed by atoms with Crippen LogP contribution in [-0.4, -0.2) is 23.8 Å². The zero-order valence-corrected chi connectivity index (χ0v) is 19.6. The van der Waals surface area contributed by atoms with E-state index in [1.807, 2.05) is 6.07 Å². The molecule has 0 amide bonds. The van der Waals surface area contributed by atoms with Crippen molar-refractivity contribution in [3.63, 3.8) is 0 Å². The molecule has 0 aliphatic heterocycles. The topological polar surface area (TPSA) is 49.7 Å². The van der Waals surface area contributed by atoms with Gasteiger partial charge in [-0.3, -0.25) is 0 Å². The highest BCUT2D eigenvalue weighted by atomic mass is 19.1. The number of ether oxygens (including phenoxy) is 1. The molecule has 2 N–H and O–H groups in total. The molecule has 0 heterocycles. The summed E-state index contributed by atoms with van der Waals surface area (Å²) in [5.41, 5.74) is 2.33. The van der Waals surface area contributed by atoms with E-state index in [0.717, 1.165) is 32.1 Å². The lowest BCUT2D eigenvalue weighted by Gasteiger charge is -2.36. The Labute approximate surface area is 197 Å². The van der Waals surface area contributed by atoms with Crippen molar-refractivity contribution >= 4 is 12.6 Å².